The molecule has 0 aromatic heterocycles. The fourth-order valence-corrected chi connectivity index (χ4v) is 4.18. The molecule has 0 spiro atoms. The maximum atomic E-state index is 11.1. The zero-order valence-corrected chi connectivity index (χ0v) is 14.7. The van der Waals surface area contributed by atoms with Gasteiger partial charge >= 0.3 is 5.97 Å². The lowest BCUT2D eigenvalue weighted by Crippen LogP contribution is -2.44. The molecule has 0 aliphatic heterocycles. The summed E-state index contributed by atoms with van der Waals surface area (Å²) in [6, 6.07) is 12.6. The van der Waals surface area contributed by atoms with Crippen molar-refractivity contribution in [2.75, 3.05) is 6.54 Å². The zero-order chi connectivity index (χ0) is 17.2. The SMILES string of the molecule is O=C(O)c1cccc(CNCC2(c3c(Cl)cccc3Cl)CCC2)c1. The number of halogens is 2. The Balaban J connectivity index is 1.71. The lowest BCUT2D eigenvalue weighted by molar-refractivity contribution is 0.0696. The first kappa shape index (κ1) is 17.3. The van der Waals surface area contributed by atoms with Gasteiger partial charge in [-0.2, -0.15) is 0 Å². The van der Waals surface area contributed by atoms with Crippen molar-refractivity contribution in [1.82, 2.24) is 5.32 Å². The van der Waals surface area contributed by atoms with Gasteiger partial charge in [-0.15, -0.1) is 0 Å². The summed E-state index contributed by atoms with van der Waals surface area (Å²) in [6.07, 6.45) is 3.27. The van der Waals surface area contributed by atoms with Crippen LogP contribution in [0.1, 0.15) is 40.7 Å². The lowest BCUT2D eigenvalue weighted by atomic mass is 9.64. The first-order chi connectivity index (χ1) is 11.5. The van der Waals surface area contributed by atoms with Crippen LogP contribution in [0.3, 0.4) is 0 Å². The maximum absolute atomic E-state index is 11.1. The minimum Gasteiger partial charge on any atom is -0.478 e. The molecule has 0 heterocycles. The Kier molecular flexibility index (Phi) is 5.14. The minimum atomic E-state index is -0.907. The minimum absolute atomic E-state index is 0.0279. The Morgan fingerprint density at radius 2 is 1.79 bits per heavy atom. The van der Waals surface area contributed by atoms with Crippen LogP contribution in [0.15, 0.2) is 42.5 Å². The van der Waals surface area contributed by atoms with Crippen LogP contribution in [0, 0.1) is 0 Å². The number of aromatic carboxylic acids is 1. The summed E-state index contributed by atoms with van der Waals surface area (Å²) in [7, 11) is 0. The van der Waals surface area contributed by atoms with E-state index in [1.165, 1.54) is 0 Å². The van der Waals surface area contributed by atoms with E-state index in [0.29, 0.717) is 12.1 Å². The molecule has 126 valence electrons. The summed E-state index contributed by atoms with van der Waals surface area (Å²) in [5, 5.41) is 14.0. The highest BCUT2D eigenvalue weighted by molar-refractivity contribution is 6.36. The molecule has 0 unspecified atom stereocenters. The van der Waals surface area contributed by atoms with Crippen LogP contribution in [0.2, 0.25) is 10.0 Å². The predicted molar refractivity (Wildman–Crippen MR) is 97.1 cm³/mol. The van der Waals surface area contributed by atoms with Gasteiger partial charge in [0.05, 0.1) is 5.56 Å². The maximum Gasteiger partial charge on any atom is 0.335 e. The average molecular weight is 364 g/mol. The van der Waals surface area contributed by atoms with Crippen molar-refractivity contribution in [3.8, 4) is 0 Å². The van der Waals surface area contributed by atoms with E-state index < -0.39 is 5.97 Å². The van der Waals surface area contributed by atoms with Crippen molar-refractivity contribution < 1.29 is 9.90 Å². The molecule has 5 heteroatoms. The average Bonchev–Trinajstić information content (AvgIpc) is 2.51. The number of hydrogen-bond acceptors (Lipinski definition) is 2. The number of carboxylic acids is 1. The molecule has 2 N–H and O–H groups in total. The summed E-state index contributed by atoms with van der Waals surface area (Å²) in [5.41, 5.74) is 2.27. The molecule has 1 aliphatic rings. The molecular formula is C19H19Cl2NO2. The molecule has 3 nitrogen and oxygen atoms in total. The number of hydrogen-bond donors (Lipinski definition) is 2. The van der Waals surface area contributed by atoms with Gasteiger partial charge in [-0.1, -0.05) is 47.8 Å². The molecule has 1 fully saturated rings. The van der Waals surface area contributed by atoms with Gasteiger partial charge in [-0.25, -0.2) is 4.79 Å². The third-order valence-electron chi connectivity index (χ3n) is 4.77. The molecule has 2 aromatic rings. The van der Waals surface area contributed by atoms with Crippen LogP contribution >= 0.6 is 23.2 Å². The van der Waals surface area contributed by atoms with Gasteiger partial charge < -0.3 is 10.4 Å². The van der Waals surface area contributed by atoms with E-state index in [2.05, 4.69) is 5.32 Å². The van der Waals surface area contributed by atoms with Crippen LogP contribution in [0.4, 0.5) is 0 Å². The van der Waals surface area contributed by atoms with Gasteiger partial charge in [0.25, 0.3) is 0 Å². The van der Waals surface area contributed by atoms with Crippen LogP contribution < -0.4 is 5.32 Å². The molecule has 2 aromatic carbocycles. The fraction of sp³-hybridized carbons (Fsp3) is 0.316. The Labute approximate surface area is 151 Å². The molecule has 1 aliphatic carbocycles. The summed E-state index contributed by atoms with van der Waals surface area (Å²) < 4.78 is 0. The molecule has 24 heavy (non-hydrogen) atoms. The van der Waals surface area contributed by atoms with Gasteiger partial charge in [0.15, 0.2) is 0 Å². The van der Waals surface area contributed by atoms with Crippen LogP contribution in [-0.4, -0.2) is 17.6 Å². The number of rotatable bonds is 6. The van der Waals surface area contributed by atoms with E-state index in [9.17, 15) is 4.79 Å². The van der Waals surface area contributed by atoms with Crippen LogP contribution in [0.25, 0.3) is 0 Å². The molecule has 0 bridgehead atoms. The van der Waals surface area contributed by atoms with E-state index in [-0.39, 0.29) is 5.41 Å². The van der Waals surface area contributed by atoms with Gasteiger partial charge in [-0.3, -0.25) is 0 Å². The number of carbonyl (C=O) groups is 1. The number of benzene rings is 2. The van der Waals surface area contributed by atoms with Crippen molar-refractivity contribution in [2.45, 2.75) is 31.2 Å². The summed E-state index contributed by atoms with van der Waals surface area (Å²) >= 11 is 12.8. The third-order valence-corrected chi connectivity index (χ3v) is 5.40. The summed E-state index contributed by atoms with van der Waals surface area (Å²) in [6.45, 7) is 1.39. The van der Waals surface area contributed by atoms with Crippen LogP contribution in [-0.2, 0) is 12.0 Å². The summed E-state index contributed by atoms with van der Waals surface area (Å²) in [5.74, 6) is -0.907. The highest BCUT2D eigenvalue weighted by Gasteiger charge is 2.41. The second kappa shape index (κ2) is 7.14. The molecular weight excluding hydrogens is 345 g/mol. The highest BCUT2D eigenvalue weighted by Crippen LogP contribution is 2.48. The summed E-state index contributed by atoms with van der Waals surface area (Å²) in [4.78, 5) is 11.1. The number of carboxylic acid groups (broad SMARTS) is 1. The van der Waals surface area contributed by atoms with Crippen molar-refractivity contribution in [3.05, 3.63) is 69.2 Å². The number of nitrogens with one attached hydrogen (secondary N) is 1. The van der Waals surface area contributed by atoms with Crippen molar-refractivity contribution in [3.63, 3.8) is 0 Å². The second-order valence-corrected chi connectivity index (χ2v) is 7.15. The zero-order valence-electron chi connectivity index (χ0n) is 13.2. The van der Waals surface area contributed by atoms with Crippen LogP contribution in [0.5, 0.6) is 0 Å². The van der Waals surface area contributed by atoms with Gasteiger partial charge in [-0.05, 0) is 48.2 Å². The standard InChI is InChI=1S/C19H19Cl2NO2/c20-15-6-2-7-16(21)17(15)19(8-3-9-19)12-22-11-13-4-1-5-14(10-13)18(23)24/h1-2,4-7,10,22H,3,8-9,11-12H2,(H,23,24). The fourth-order valence-electron chi connectivity index (χ4n) is 3.38. The Hall–Kier alpha value is -1.55. The molecule has 0 radical (unpaired) electrons. The largest absolute Gasteiger partial charge is 0.478 e. The smallest absolute Gasteiger partial charge is 0.335 e. The topological polar surface area (TPSA) is 49.3 Å². The molecule has 0 amide bonds. The normalized spacial score (nSPS) is 15.8. The Bertz CT molecular complexity index is 737. The van der Waals surface area contributed by atoms with Gasteiger partial charge in [0.2, 0.25) is 0 Å². The van der Waals surface area contributed by atoms with E-state index >= 15 is 0 Å². The highest BCUT2D eigenvalue weighted by atomic mass is 35.5. The van der Waals surface area contributed by atoms with Gasteiger partial charge in [0, 0.05) is 28.5 Å². The van der Waals surface area contributed by atoms with Crippen molar-refractivity contribution in [1.29, 1.82) is 0 Å². The lowest BCUT2D eigenvalue weighted by Gasteiger charge is -2.43. The molecule has 0 saturated heterocycles. The first-order valence-corrected chi connectivity index (χ1v) is 8.75. The molecule has 1 saturated carbocycles. The van der Waals surface area contributed by atoms with Crippen molar-refractivity contribution >= 4 is 29.2 Å². The van der Waals surface area contributed by atoms with E-state index in [1.54, 1.807) is 18.2 Å². The molecule has 0 atom stereocenters. The van der Waals surface area contributed by atoms with E-state index in [0.717, 1.165) is 47.0 Å². The first-order valence-electron chi connectivity index (χ1n) is 7.99. The van der Waals surface area contributed by atoms with Gasteiger partial charge in [0.1, 0.15) is 0 Å². The monoisotopic (exact) mass is 363 g/mol. The van der Waals surface area contributed by atoms with E-state index in [4.69, 9.17) is 28.3 Å². The van der Waals surface area contributed by atoms with Crippen molar-refractivity contribution in [2.24, 2.45) is 0 Å². The Morgan fingerprint density at radius 1 is 1.12 bits per heavy atom. The predicted octanol–water partition coefficient (Wildman–Crippen LogP) is 4.90. The Morgan fingerprint density at radius 3 is 2.38 bits per heavy atom. The quantitative estimate of drug-likeness (QED) is 0.766. The third kappa shape index (κ3) is 3.44. The second-order valence-electron chi connectivity index (χ2n) is 6.34. The molecule has 3 rings (SSSR count). The van der Waals surface area contributed by atoms with E-state index in [1.807, 2.05) is 24.3 Å².